The van der Waals surface area contributed by atoms with Crippen LogP contribution in [0.5, 0.6) is 0 Å². The highest BCUT2D eigenvalue weighted by Gasteiger charge is 2.14. The molecule has 0 aliphatic carbocycles. The van der Waals surface area contributed by atoms with E-state index >= 15 is 0 Å². The van der Waals surface area contributed by atoms with Crippen LogP contribution in [0.15, 0.2) is 41.2 Å². The predicted molar refractivity (Wildman–Crippen MR) is 90.6 cm³/mol. The number of hydrogen-bond acceptors (Lipinski definition) is 5. The van der Waals surface area contributed by atoms with Gasteiger partial charge >= 0.3 is 0 Å². The maximum absolute atomic E-state index is 12.5. The van der Waals surface area contributed by atoms with Crippen molar-refractivity contribution in [2.45, 2.75) is 13.8 Å². The van der Waals surface area contributed by atoms with Gasteiger partial charge in [-0.25, -0.2) is 4.98 Å². The largest absolute Gasteiger partial charge is 0.306 e. The Bertz CT molecular complexity index is 1060. The molecular weight excluding hydrogens is 320 g/mol. The fourth-order valence-electron chi connectivity index (χ4n) is 2.33. The Morgan fingerprint density at radius 1 is 1.24 bits per heavy atom. The van der Waals surface area contributed by atoms with E-state index in [4.69, 9.17) is 5.26 Å². The summed E-state index contributed by atoms with van der Waals surface area (Å²) in [5, 5.41) is 15.9. The maximum atomic E-state index is 12.5. The fraction of sp³-hybridized carbons (Fsp3) is 0.118. The highest BCUT2D eigenvalue weighted by molar-refractivity contribution is 6.04. The Balaban J connectivity index is 1.97. The van der Waals surface area contributed by atoms with Crippen molar-refractivity contribution in [2.75, 3.05) is 5.32 Å². The van der Waals surface area contributed by atoms with E-state index in [1.807, 2.05) is 6.07 Å². The van der Waals surface area contributed by atoms with Crippen molar-refractivity contribution in [1.29, 1.82) is 5.26 Å². The highest BCUT2D eigenvalue weighted by atomic mass is 16.1. The molecule has 1 amide bonds. The van der Waals surface area contributed by atoms with E-state index in [9.17, 15) is 9.59 Å². The molecule has 8 nitrogen and oxygen atoms in total. The highest BCUT2D eigenvalue weighted by Crippen LogP contribution is 2.15. The molecule has 3 rings (SSSR count). The van der Waals surface area contributed by atoms with Gasteiger partial charge in [-0.15, -0.1) is 0 Å². The number of nitrogens with zero attached hydrogens (tertiary/aromatic N) is 4. The molecule has 0 saturated heterocycles. The number of rotatable bonds is 3. The van der Waals surface area contributed by atoms with Gasteiger partial charge in [-0.05, 0) is 32.0 Å². The number of hydrogen-bond donors (Lipinski definition) is 2. The number of amides is 1. The minimum absolute atomic E-state index is 0.208. The molecule has 0 fully saturated rings. The number of nitrogens with one attached hydrogen (secondary N) is 2. The van der Waals surface area contributed by atoms with Gasteiger partial charge in [0.15, 0.2) is 0 Å². The number of aryl methyl sites for hydroxylation is 2. The van der Waals surface area contributed by atoms with Crippen LogP contribution in [0.1, 0.15) is 27.3 Å². The second kappa shape index (κ2) is 6.41. The molecule has 0 atom stereocenters. The number of aromatic nitrogens is 4. The molecule has 0 aliphatic rings. The Morgan fingerprint density at radius 3 is 2.76 bits per heavy atom. The normalized spacial score (nSPS) is 10.3. The SMILES string of the molecule is Cc1cc(=O)[nH]c(-n2nc(C)cc2NC(=O)c2cccc(C#N)c2)n1. The molecule has 3 aromatic rings. The lowest BCUT2D eigenvalue weighted by atomic mass is 10.1. The molecule has 25 heavy (non-hydrogen) atoms. The van der Waals surface area contributed by atoms with E-state index in [-0.39, 0.29) is 11.5 Å². The lowest BCUT2D eigenvalue weighted by Crippen LogP contribution is -2.19. The maximum Gasteiger partial charge on any atom is 0.256 e. The minimum atomic E-state index is -0.395. The summed E-state index contributed by atoms with van der Waals surface area (Å²) >= 11 is 0. The van der Waals surface area contributed by atoms with Gasteiger partial charge in [0.2, 0.25) is 5.95 Å². The van der Waals surface area contributed by atoms with E-state index in [1.54, 1.807) is 38.1 Å². The van der Waals surface area contributed by atoms with Gasteiger partial charge in [-0.1, -0.05) is 6.07 Å². The van der Waals surface area contributed by atoms with Gasteiger partial charge in [0.25, 0.3) is 11.5 Å². The number of benzene rings is 1. The van der Waals surface area contributed by atoms with E-state index in [1.165, 1.54) is 16.8 Å². The number of carbonyl (C=O) groups is 1. The van der Waals surface area contributed by atoms with Crippen molar-refractivity contribution in [3.8, 4) is 12.0 Å². The first kappa shape index (κ1) is 16.1. The molecule has 0 unspecified atom stereocenters. The van der Waals surface area contributed by atoms with Crippen molar-refractivity contribution in [3.05, 3.63) is 69.3 Å². The molecule has 0 radical (unpaired) electrons. The Kier molecular flexibility index (Phi) is 4.14. The Labute approximate surface area is 142 Å². The zero-order valence-corrected chi connectivity index (χ0v) is 13.6. The summed E-state index contributed by atoms with van der Waals surface area (Å²) in [6, 6.07) is 11.4. The van der Waals surface area contributed by atoms with E-state index in [2.05, 4.69) is 20.4 Å². The average molecular weight is 334 g/mol. The number of H-pyrrole nitrogens is 1. The van der Waals surface area contributed by atoms with Crippen LogP contribution in [0.4, 0.5) is 5.82 Å². The fourth-order valence-corrected chi connectivity index (χ4v) is 2.33. The average Bonchev–Trinajstić information content (AvgIpc) is 2.94. The van der Waals surface area contributed by atoms with Crippen LogP contribution in [0.2, 0.25) is 0 Å². The molecule has 2 aromatic heterocycles. The summed E-state index contributed by atoms with van der Waals surface area (Å²) in [4.78, 5) is 30.9. The molecule has 0 aliphatic heterocycles. The van der Waals surface area contributed by atoms with Crippen LogP contribution >= 0.6 is 0 Å². The molecular formula is C17H14N6O2. The summed E-state index contributed by atoms with van der Waals surface area (Å²) in [5.74, 6) is 0.172. The molecule has 0 spiro atoms. The van der Waals surface area contributed by atoms with Crippen LogP contribution in [-0.2, 0) is 0 Å². The first-order valence-electron chi connectivity index (χ1n) is 7.43. The minimum Gasteiger partial charge on any atom is -0.306 e. The van der Waals surface area contributed by atoms with Gasteiger partial charge in [-0.2, -0.15) is 15.0 Å². The molecule has 0 bridgehead atoms. The first-order valence-corrected chi connectivity index (χ1v) is 7.43. The molecule has 8 heteroatoms. The van der Waals surface area contributed by atoms with Crippen LogP contribution in [-0.4, -0.2) is 25.7 Å². The zero-order chi connectivity index (χ0) is 18.0. The van der Waals surface area contributed by atoms with Crippen molar-refractivity contribution in [1.82, 2.24) is 19.7 Å². The van der Waals surface area contributed by atoms with Gasteiger partial charge in [0.05, 0.1) is 17.3 Å². The lowest BCUT2D eigenvalue weighted by molar-refractivity contribution is 0.102. The summed E-state index contributed by atoms with van der Waals surface area (Å²) in [7, 11) is 0. The number of aromatic amines is 1. The second-order valence-electron chi connectivity index (χ2n) is 5.44. The molecule has 124 valence electrons. The molecule has 2 N–H and O–H groups in total. The van der Waals surface area contributed by atoms with Crippen LogP contribution in [0.25, 0.3) is 5.95 Å². The van der Waals surface area contributed by atoms with E-state index in [0.717, 1.165) is 0 Å². The Hall–Kier alpha value is -3.73. The van der Waals surface area contributed by atoms with Gasteiger partial charge in [0.1, 0.15) is 5.82 Å². The van der Waals surface area contributed by atoms with E-state index in [0.29, 0.717) is 28.3 Å². The molecule has 1 aromatic carbocycles. The van der Waals surface area contributed by atoms with Crippen LogP contribution in [0.3, 0.4) is 0 Å². The van der Waals surface area contributed by atoms with E-state index < -0.39 is 5.91 Å². The lowest BCUT2D eigenvalue weighted by Gasteiger charge is -2.08. The quantitative estimate of drug-likeness (QED) is 0.756. The topological polar surface area (TPSA) is 116 Å². The van der Waals surface area contributed by atoms with Crippen molar-refractivity contribution < 1.29 is 4.79 Å². The number of nitriles is 1. The van der Waals surface area contributed by atoms with Gasteiger partial charge < -0.3 is 5.32 Å². The van der Waals surface area contributed by atoms with Crippen molar-refractivity contribution in [3.63, 3.8) is 0 Å². The molecule has 2 heterocycles. The van der Waals surface area contributed by atoms with Crippen LogP contribution < -0.4 is 10.9 Å². The summed E-state index contributed by atoms with van der Waals surface area (Å²) in [6.07, 6.45) is 0. The second-order valence-corrected chi connectivity index (χ2v) is 5.44. The number of anilines is 1. The Morgan fingerprint density at radius 2 is 2.04 bits per heavy atom. The standard InChI is InChI=1S/C17H14N6O2/c1-10-7-15(24)21-17(19-10)23-14(6-11(2)22-23)20-16(25)13-5-3-4-12(8-13)9-18/h3-8H,1-2H3,(H,20,25)(H,19,21,24). The third kappa shape index (κ3) is 3.45. The van der Waals surface area contributed by atoms with Crippen molar-refractivity contribution in [2.24, 2.45) is 0 Å². The predicted octanol–water partition coefficient (Wildman–Crippen LogP) is 1.70. The van der Waals surface area contributed by atoms with Crippen molar-refractivity contribution >= 4 is 11.7 Å². The third-order valence-electron chi connectivity index (χ3n) is 3.38. The number of carbonyl (C=O) groups excluding carboxylic acids is 1. The smallest absolute Gasteiger partial charge is 0.256 e. The van der Waals surface area contributed by atoms with Gasteiger partial charge in [0, 0.05) is 23.4 Å². The summed E-state index contributed by atoms with van der Waals surface area (Å²) in [6.45, 7) is 3.46. The summed E-state index contributed by atoms with van der Waals surface area (Å²) in [5.41, 5.74) is 1.60. The summed E-state index contributed by atoms with van der Waals surface area (Å²) < 4.78 is 1.36. The first-order chi connectivity index (χ1) is 12.0. The van der Waals surface area contributed by atoms with Crippen LogP contribution in [0, 0.1) is 25.2 Å². The monoisotopic (exact) mass is 334 g/mol. The van der Waals surface area contributed by atoms with Gasteiger partial charge in [-0.3, -0.25) is 14.6 Å². The zero-order valence-electron chi connectivity index (χ0n) is 13.6. The molecule has 0 saturated carbocycles. The third-order valence-corrected chi connectivity index (χ3v) is 3.38.